The summed E-state index contributed by atoms with van der Waals surface area (Å²) in [7, 11) is -1.41. The Bertz CT molecular complexity index is 1400. The Labute approximate surface area is 244 Å². The molecule has 0 unspecified atom stereocenters. The molecular weight excluding hydrogens is 530 g/mol. The number of aromatic nitrogens is 2. The number of carbonyl (C=O) groups excluding carboxylic acids is 2. The average Bonchev–Trinajstić information content (AvgIpc) is 3.67. The number of ketones is 1. The van der Waals surface area contributed by atoms with E-state index in [1.165, 1.54) is 0 Å². The number of carbonyl (C=O) groups is 2. The molecule has 2 saturated carbocycles. The summed E-state index contributed by atoms with van der Waals surface area (Å²) < 4.78 is 8.17. The number of rotatable bonds is 9. The number of hydrogen-bond acceptors (Lipinski definition) is 6. The van der Waals surface area contributed by atoms with E-state index in [1.807, 2.05) is 24.3 Å². The maximum atomic E-state index is 12.5. The van der Waals surface area contributed by atoms with E-state index >= 15 is 0 Å². The molecule has 2 N–H and O–H groups in total. The van der Waals surface area contributed by atoms with Gasteiger partial charge in [-0.05, 0) is 69.7 Å². The third kappa shape index (κ3) is 6.74. The van der Waals surface area contributed by atoms with Crippen LogP contribution in [0.2, 0.25) is 19.6 Å². The largest absolute Gasteiger partial charge is 0.485 e. The fraction of sp³-hybridized carbons (Fsp3) is 0.562. The molecule has 1 amide bonds. The fourth-order valence-corrected chi connectivity index (χ4v) is 6.65. The van der Waals surface area contributed by atoms with Gasteiger partial charge in [0, 0.05) is 36.8 Å². The molecule has 1 aromatic heterocycles. The molecule has 216 valence electrons. The standard InChI is InChI=1S/C32H41N5O3Si/c1-31(40-26-9-5-23(6-10-26)13-18-41(2,3)4)21-36(22-31)25-11-14-32(15-12-25,16-17-33)37-20-27(30(34)39)28(35-37)19-29(38)24-7-8-24/h5-6,9-10,20,24-25H,7-8,11-12,14-16,19,21-22H2,1-4H3,(H2,34,39). The van der Waals surface area contributed by atoms with Gasteiger partial charge in [-0.2, -0.15) is 10.4 Å². The van der Waals surface area contributed by atoms with Crippen LogP contribution in [0.5, 0.6) is 5.75 Å². The summed E-state index contributed by atoms with van der Waals surface area (Å²) in [5.41, 5.74) is 10.1. The van der Waals surface area contributed by atoms with Gasteiger partial charge in [-0.3, -0.25) is 19.2 Å². The van der Waals surface area contributed by atoms with Crippen molar-refractivity contribution in [1.82, 2.24) is 14.7 Å². The lowest BCUT2D eigenvalue weighted by Crippen LogP contribution is -2.66. The molecule has 1 aliphatic heterocycles. The normalized spacial score (nSPS) is 23.9. The smallest absolute Gasteiger partial charge is 0.252 e. The zero-order chi connectivity index (χ0) is 29.4. The van der Waals surface area contributed by atoms with Gasteiger partial charge < -0.3 is 10.5 Å². The van der Waals surface area contributed by atoms with E-state index in [9.17, 15) is 14.9 Å². The van der Waals surface area contributed by atoms with Crippen LogP contribution in [0.25, 0.3) is 0 Å². The SMILES string of the molecule is CC1(Oc2ccc(C#C[Si](C)(C)C)cc2)CN(C2CCC(CC#N)(n3cc(C(N)=O)c(CC(=O)C4CC4)n3)CC2)C1. The van der Waals surface area contributed by atoms with E-state index in [0.29, 0.717) is 23.7 Å². The van der Waals surface area contributed by atoms with E-state index in [4.69, 9.17) is 15.6 Å². The first-order valence-electron chi connectivity index (χ1n) is 14.7. The van der Waals surface area contributed by atoms with E-state index in [2.05, 4.69) is 49.0 Å². The van der Waals surface area contributed by atoms with Crippen molar-refractivity contribution in [3.63, 3.8) is 0 Å². The van der Waals surface area contributed by atoms with Crippen LogP contribution in [-0.4, -0.2) is 59.2 Å². The Morgan fingerprint density at radius 3 is 2.34 bits per heavy atom. The number of Topliss-reactive ketones (excluding diaryl/α,β-unsaturated/α-hetero) is 1. The molecule has 8 nitrogen and oxygen atoms in total. The first kappa shape index (κ1) is 29.1. The molecule has 3 aliphatic rings. The van der Waals surface area contributed by atoms with Gasteiger partial charge in [-0.25, -0.2) is 0 Å². The number of nitriles is 1. The minimum Gasteiger partial charge on any atom is -0.485 e. The highest BCUT2D eigenvalue weighted by Gasteiger charge is 2.47. The molecule has 9 heteroatoms. The van der Waals surface area contributed by atoms with Crippen molar-refractivity contribution in [3.8, 4) is 23.3 Å². The average molecular weight is 572 g/mol. The maximum absolute atomic E-state index is 12.5. The van der Waals surface area contributed by atoms with Crippen molar-refractivity contribution in [3.05, 3.63) is 47.3 Å². The van der Waals surface area contributed by atoms with Crippen LogP contribution in [-0.2, 0) is 16.8 Å². The summed E-state index contributed by atoms with van der Waals surface area (Å²) in [6.07, 6.45) is 7.31. The van der Waals surface area contributed by atoms with Gasteiger partial charge in [0.2, 0.25) is 0 Å². The third-order valence-electron chi connectivity index (χ3n) is 8.60. The molecular formula is C32H41N5O3Si. The summed E-state index contributed by atoms with van der Waals surface area (Å²) >= 11 is 0. The molecule has 2 heterocycles. The van der Waals surface area contributed by atoms with Crippen molar-refractivity contribution >= 4 is 19.8 Å². The summed E-state index contributed by atoms with van der Waals surface area (Å²) in [6, 6.07) is 10.8. The first-order chi connectivity index (χ1) is 19.4. The van der Waals surface area contributed by atoms with Gasteiger partial charge in [0.05, 0.1) is 35.7 Å². The van der Waals surface area contributed by atoms with Crippen molar-refractivity contribution in [2.45, 2.75) is 95.1 Å². The highest BCUT2D eigenvalue weighted by atomic mass is 28.3. The minimum absolute atomic E-state index is 0.0871. The number of hydrogen-bond donors (Lipinski definition) is 1. The van der Waals surface area contributed by atoms with Gasteiger partial charge in [0.1, 0.15) is 25.2 Å². The fourth-order valence-electron chi connectivity index (χ4n) is 6.13. The lowest BCUT2D eigenvalue weighted by molar-refractivity contribution is -0.119. The van der Waals surface area contributed by atoms with Crippen LogP contribution in [0, 0.1) is 28.7 Å². The molecule has 0 spiro atoms. The molecule has 1 saturated heterocycles. The van der Waals surface area contributed by atoms with Crippen LogP contribution >= 0.6 is 0 Å². The number of nitrogens with zero attached hydrogens (tertiary/aromatic N) is 4. The molecule has 41 heavy (non-hydrogen) atoms. The highest BCUT2D eigenvalue weighted by Crippen LogP contribution is 2.42. The second-order valence-electron chi connectivity index (χ2n) is 13.5. The molecule has 2 aromatic rings. The lowest BCUT2D eigenvalue weighted by atomic mass is 9.76. The summed E-state index contributed by atoms with van der Waals surface area (Å²) in [5.74, 6) is 3.78. The van der Waals surface area contributed by atoms with Crippen molar-refractivity contribution < 1.29 is 14.3 Å². The van der Waals surface area contributed by atoms with E-state index < -0.39 is 19.5 Å². The van der Waals surface area contributed by atoms with Gasteiger partial charge in [-0.15, -0.1) is 5.54 Å². The molecule has 3 fully saturated rings. The van der Waals surface area contributed by atoms with Crippen molar-refractivity contribution in [2.75, 3.05) is 13.1 Å². The second-order valence-corrected chi connectivity index (χ2v) is 18.2. The highest BCUT2D eigenvalue weighted by molar-refractivity contribution is 6.83. The van der Waals surface area contributed by atoms with Crippen LogP contribution in [0.3, 0.4) is 0 Å². The Balaban J connectivity index is 1.19. The molecule has 0 bridgehead atoms. The second kappa shape index (κ2) is 11.1. The predicted octanol–water partition coefficient (Wildman–Crippen LogP) is 4.44. The molecule has 1 aromatic carbocycles. The summed E-state index contributed by atoms with van der Waals surface area (Å²) in [5, 5.41) is 14.4. The number of likely N-dealkylation sites (tertiary alicyclic amines) is 1. The number of nitrogens with two attached hydrogens (primary N) is 1. The summed E-state index contributed by atoms with van der Waals surface area (Å²) in [4.78, 5) is 27.1. The monoisotopic (exact) mass is 571 g/mol. The van der Waals surface area contributed by atoms with E-state index in [1.54, 1.807) is 10.9 Å². The van der Waals surface area contributed by atoms with E-state index in [0.717, 1.165) is 62.9 Å². The topological polar surface area (TPSA) is 114 Å². The molecule has 2 aliphatic carbocycles. The minimum atomic E-state index is -1.41. The number of ether oxygens (including phenoxy) is 1. The quantitative estimate of drug-likeness (QED) is 0.352. The summed E-state index contributed by atoms with van der Waals surface area (Å²) in [6.45, 7) is 10.6. The van der Waals surface area contributed by atoms with Crippen LogP contribution in [0.1, 0.15) is 73.5 Å². The first-order valence-corrected chi connectivity index (χ1v) is 18.2. The van der Waals surface area contributed by atoms with Crippen LogP contribution < -0.4 is 10.5 Å². The van der Waals surface area contributed by atoms with Crippen LogP contribution in [0.4, 0.5) is 0 Å². The van der Waals surface area contributed by atoms with Gasteiger partial charge >= 0.3 is 0 Å². The molecule has 0 atom stereocenters. The Morgan fingerprint density at radius 2 is 1.78 bits per heavy atom. The number of amides is 1. The number of benzene rings is 1. The van der Waals surface area contributed by atoms with Crippen molar-refractivity contribution in [2.24, 2.45) is 11.7 Å². The predicted molar refractivity (Wildman–Crippen MR) is 160 cm³/mol. The Hall–Kier alpha value is -3.40. The molecule has 0 radical (unpaired) electrons. The van der Waals surface area contributed by atoms with Crippen molar-refractivity contribution in [1.29, 1.82) is 5.26 Å². The maximum Gasteiger partial charge on any atom is 0.252 e. The molecule has 5 rings (SSSR count). The zero-order valence-corrected chi connectivity index (χ0v) is 25.7. The van der Waals surface area contributed by atoms with Crippen LogP contribution in [0.15, 0.2) is 30.5 Å². The lowest BCUT2D eigenvalue weighted by Gasteiger charge is -2.53. The van der Waals surface area contributed by atoms with Gasteiger partial charge in [0.15, 0.2) is 0 Å². The van der Waals surface area contributed by atoms with E-state index in [-0.39, 0.29) is 23.7 Å². The van der Waals surface area contributed by atoms with Gasteiger partial charge in [0.25, 0.3) is 5.91 Å². The Kier molecular flexibility index (Phi) is 7.89. The zero-order valence-electron chi connectivity index (χ0n) is 24.7. The number of primary amides is 1. The third-order valence-corrected chi connectivity index (χ3v) is 9.48. The Morgan fingerprint density at radius 1 is 1.12 bits per heavy atom. The van der Waals surface area contributed by atoms with Gasteiger partial charge in [-0.1, -0.05) is 25.6 Å².